The number of ketones is 1. The van der Waals surface area contributed by atoms with Crippen LogP contribution in [0.25, 0.3) is 5.69 Å². The van der Waals surface area contributed by atoms with Crippen LogP contribution in [0.15, 0.2) is 42.6 Å². The molecule has 0 spiro atoms. The van der Waals surface area contributed by atoms with E-state index in [1.807, 2.05) is 5.32 Å². The number of aromatic nitrogens is 3. The van der Waals surface area contributed by atoms with Gasteiger partial charge in [-0.25, -0.2) is 9.48 Å². The Labute approximate surface area is 226 Å². The number of hydrogen-bond donors (Lipinski definition) is 3. The Morgan fingerprint density at radius 3 is 2.62 bits per heavy atom. The molecule has 1 aliphatic rings. The van der Waals surface area contributed by atoms with Gasteiger partial charge in [-0.2, -0.15) is 13.2 Å². The van der Waals surface area contributed by atoms with Crippen molar-refractivity contribution in [2.75, 3.05) is 17.2 Å². The van der Waals surface area contributed by atoms with Gasteiger partial charge in [-0.15, -0.1) is 5.10 Å². The van der Waals surface area contributed by atoms with Crippen LogP contribution in [0.1, 0.15) is 52.9 Å². The molecule has 0 aliphatic carbocycles. The van der Waals surface area contributed by atoms with E-state index in [0.29, 0.717) is 24.1 Å². The number of alkyl halides is 3. The SMILES string of the molecule is Cc1cc(NC(=O)O)c(NC(=O)CC(=O)c2cccc(-n3nncc3COC3CCCCO3)c2)cc1C(F)(F)F. The van der Waals surface area contributed by atoms with Gasteiger partial charge in [0.1, 0.15) is 0 Å². The predicted octanol–water partition coefficient (Wildman–Crippen LogP) is 4.94. The summed E-state index contributed by atoms with van der Waals surface area (Å²) in [4.78, 5) is 36.6. The van der Waals surface area contributed by atoms with Gasteiger partial charge in [0.15, 0.2) is 12.1 Å². The van der Waals surface area contributed by atoms with Crippen LogP contribution < -0.4 is 10.6 Å². The van der Waals surface area contributed by atoms with E-state index in [1.54, 1.807) is 12.1 Å². The van der Waals surface area contributed by atoms with Crippen molar-refractivity contribution in [2.24, 2.45) is 0 Å². The Morgan fingerprint density at radius 2 is 1.93 bits per heavy atom. The van der Waals surface area contributed by atoms with Gasteiger partial charge in [-0.3, -0.25) is 14.9 Å². The van der Waals surface area contributed by atoms with E-state index in [2.05, 4.69) is 15.6 Å². The van der Waals surface area contributed by atoms with Crippen LogP contribution in [0.2, 0.25) is 0 Å². The molecule has 212 valence electrons. The number of nitrogens with one attached hydrogen (secondary N) is 2. The van der Waals surface area contributed by atoms with Gasteiger partial charge < -0.3 is 19.9 Å². The van der Waals surface area contributed by atoms with Crippen molar-refractivity contribution in [1.82, 2.24) is 15.0 Å². The lowest BCUT2D eigenvalue weighted by molar-refractivity contribution is -0.169. The van der Waals surface area contributed by atoms with E-state index in [1.165, 1.54) is 23.0 Å². The number of anilines is 2. The molecule has 1 atom stereocenters. The summed E-state index contributed by atoms with van der Waals surface area (Å²) in [7, 11) is 0. The van der Waals surface area contributed by atoms with Crippen LogP contribution in [0.3, 0.4) is 0 Å². The largest absolute Gasteiger partial charge is 0.465 e. The predicted molar refractivity (Wildman–Crippen MR) is 135 cm³/mol. The lowest BCUT2D eigenvalue weighted by atomic mass is 10.0. The van der Waals surface area contributed by atoms with Gasteiger partial charge in [-0.1, -0.05) is 17.3 Å². The Morgan fingerprint density at radius 1 is 1.15 bits per heavy atom. The molecule has 1 fully saturated rings. The van der Waals surface area contributed by atoms with Crippen molar-refractivity contribution < 1.29 is 42.1 Å². The molecule has 1 unspecified atom stereocenters. The Bertz CT molecular complexity index is 1400. The second-order valence-electron chi connectivity index (χ2n) is 9.08. The van der Waals surface area contributed by atoms with Gasteiger partial charge in [0.25, 0.3) is 0 Å². The first-order chi connectivity index (χ1) is 19.0. The van der Waals surface area contributed by atoms with Crippen molar-refractivity contribution in [3.63, 3.8) is 0 Å². The molecule has 0 radical (unpaired) electrons. The van der Waals surface area contributed by atoms with Crippen molar-refractivity contribution >= 4 is 29.2 Å². The third-order valence-corrected chi connectivity index (χ3v) is 6.09. The van der Waals surface area contributed by atoms with E-state index >= 15 is 0 Å². The van der Waals surface area contributed by atoms with Gasteiger partial charge in [-0.05, 0) is 56.0 Å². The minimum atomic E-state index is -4.74. The summed E-state index contributed by atoms with van der Waals surface area (Å²) in [5.41, 5.74) is -0.759. The number of benzene rings is 2. The van der Waals surface area contributed by atoms with Crippen molar-refractivity contribution in [2.45, 2.75) is 51.7 Å². The first kappa shape index (κ1) is 28.7. The van der Waals surface area contributed by atoms with Gasteiger partial charge in [0, 0.05) is 12.2 Å². The topological polar surface area (TPSA) is 145 Å². The Balaban J connectivity index is 1.47. The van der Waals surface area contributed by atoms with E-state index in [9.17, 15) is 27.6 Å². The second kappa shape index (κ2) is 12.3. The molecule has 4 rings (SSSR count). The zero-order valence-electron chi connectivity index (χ0n) is 21.3. The average Bonchev–Trinajstić information content (AvgIpc) is 3.37. The number of rotatable bonds is 9. The van der Waals surface area contributed by atoms with Crippen LogP contribution >= 0.6 is 0 Å². The summed E-state index contributed by atoms with van der Waals surface area (Å²) < 4.78 is 53.0. The van der Waals surface area contributed by atoms with Gasteiger partial charge >= 0.3 is 12.3 Å². The maximum Gasteiger partial charge on any atom is 0.416 e. The number of halogens is 3. The van der Waals surface area contributed by atoms with Crippen molar-refractivity contribution in [1.29, 1.82) is 0 Å². The van der Waals surface area contributed by atoms with Crippen LogP contribution in [-0.2, 0) is 27.1 Å². The molecule has 1 aliphatic heterocycles. The highest BCUT2D eigenvalue weighted by atomic mass is 19.4. The molecule has 40 heavy (non-hydrogen) atoms. The number of amides is 2. The van der Waals surface area contributed by atoms with E-state index in [4.69, 9.17) is 14.6 Å². The molecular formula is C26H26F3N5O6. The smallest absolute Gasteiger partial charge is 0.416 e. The minimum Gasteiger partial charge on any atom is -0.465 e. The van der Waals surface area contributed by atoms with E-state index in [-0.39, 0.29) is 29.7 Å². The fourth-order valence-corrected chi connectivity index (χ4v) is 4.18. The fraction of sp³-hybridized carbons (Fsp3) is 0.346. The average molecular weight is 562 g/mol. The third-order valence-electron chi connectivity index (χ3n) is 6.09. The van der Waals surface area contributed by atoms with Crippen LogP contribution in [0, 0.1) is 6.92 Å². The summed E-state index contributed by atoms with van der Waals surface area (Å²) in [6, 6.07) is 7.82. The highest BCUT2D eigenvalue weighted by Gasteiger charge is 2.33. The highest BCUT2D eigenvalue weighted by molar-refractivity contribution is 6.12. The van der Waals surface area contributed by atoms with Crippen LogP contribution in [0.5, 0.6) is 0 Å². The third kappa shape index (κ3) is 7.21. The molecule has 2 heterocycles. The maximum absolute atomic E-state index is 13.4. The zero-order chi connectivity index (χ0) is 28.9. The van der Waals surface area contributed by atoms with E-state index < -0.39 is 41.6 Å². The highest BCUT2D eigenvalue weighted by Crippen LogP contribution is 2.37. The fourth-order valence-electron chi connectivity index (χ4n) is 4.18. The number of nitrogens with zero attached hydrogens (tertiary/aromatic N) is 3. The van der Waals surface area contributed by atoms with Crippen molar-refractivity contribution in [3.8, 4) is 5.69 Å². The number of hydrogen-bond acceptors (Lipinski definition) is 7. The molecule has 1 aromatic heterocycles. The molecule has 0 saturated carbocycles. The molecular weight excluding hydrogens is 535 g/mol. The van der Waals surface area contributed by atoms with Gasteiger partial charge in [0.2, 0.25) is 5.91 Å². The molecule has 14 heteroatoms. The van der Waals surface area contributed by atoms with E-state index in [0.717, 1.165) is 32.3 Å². The molecule has 11 nitrogen and oxygen atoms in total. The normalized spacial score (nSPS) is 15.4. The molecule has 3 aromatic rings. The van der Waals surface area contributed by atoms with Crippen LogP contribution in [0.4, 0.5) is 29.3 Å². The summed E-state index contributed by atoms with van der Waals surface area (Å²) >= 11 is 0. The number of carboxylic acid groups (broad SMARTS) is 1. The standard InChI is InChI=1S/C26H26F3N5O6/c1-15-9-20(32-25(37)38)21(11-19(15)26(27,28)29)31-23(36)12-22(35)16-5-4-6-17(10-16)34-18(13-30-33-34)14-40-24-7-2-3-8-39-24/h4-6,9-11,13,24,32H,2-3,7-8,12,14H2,1H3,(H,31,36)(H,37,38). The van der Waals surface area contributed by atoms with Crippen molar-refractivity contribution in [3.05, 3.63) is 65.0 Å². The Hall–Kier alpha value is -4.30. The molecule has 3 N–H and O–H groups in total. The number of aryl methyl sites for hydroxylation is 1. The summed E-state index contributed by atoms with van der Waals surface area (Å²) in [6.07, 6.45) is -3.02. The number of carbonyl (C=O) groups is 3. The first-order valence-corrected chi connectivity index (χ1v) is 12.3. The summed E-state index contributed by atoms with van der Waals surface area (Å²) in [5, 5.41) is 21.2. The molecule has 2 aromatic carbocycles. The Kier molecular flexibility index (Phi) is 8.80. The molecule has 1 saturated heterocycles. The number of ether oxygens (including phenoxy) is 2. The first-order valence-electron chi connectivity index (χ1n) is 12.3. The summed E-state index contributed by atoms with van der Waals surface area (Å²) in [5.74, 6) is -1.55. The lowest BCUT2D eigenvalue weighted by Gasteiger charge is -2.22. The van der Waals surface area contributed by atoms with Gasteiger partial charge in [0.05, 0.1) is 47.5 Å². The monoisotopic (exact) mass is 561 g/mol. The van der Waals surface area contributed by atoms with Crippen LogP contribution in [-0.4, -0.2) is 50.8 Å². The second-order valence-corrected chi connectivity index (χ2v) is 9.08. The number of carbonyl (C=O) groups excluding carboxylic acids is 2. The number of Topliss-reactive ketones (excluding diaryl/α,β-unsaturated/α-hetero) is 1. The summed E-state index contributed by atoms with van der Waals surface area (Å²) in [6.45, 7) is 1.96. The minimum absolute atomic E-state index is 0.148. The quantitative estimate of drug-likeness (QED) is 0.246. The maximum atomic E-state index is 13.4. The lowest BCUT2D eigenvalue weighted by Crippen LogP contribution is -2.22. The molecule has 0 bridgehead atoms. The zero-order valence-corrected chi connectivity index (χ0v) is 21.3. The molecule has 2 amide bonds.